The van der Waals surface area contributed by atoms with Crippen molar-refractivity contribution in [2.75, 3.05) is 0 Å². The highest BCUT2D eigenvalue weighted by Crippen LogP contribution is 2.45. The predicted molar refractivity (Wildman–Crippen MR) is 54.0 cm³/mol. The topological polar surface area (TPSA) is 0 Å². The molecule has 0 saturated carbocycles. The SMILES string of the molecule is [2H]C([2H])([2H])[Si]1(C)CC[Si](C)(C)[C@H]1C. The first-order chi connectivity index (χ1) is 5.61. The van der Waals surface area contributed by atoms with Gasteiger partial charge in [0.2, 0.25) is 0 Å². The van der Waals surface area contributed by atoms with E-state index in [2.05, 4.69) is 26.6 Å². The van der Waals surface area contributed by atoms with Crippen molar-refractivity contribution in [1.82, 2.24) is 0 Å². The standard InChI is InChI=1S/C8H20Si2/c1-8-9(2,3)6-7-10(8,4)5/h8H,6-7H2,1-5H3/i2D3/t8-,9?/m0/s1. The molecule has 0 radical (unpaired) electrons. The summed E-state index contributed by atoms with van der Waals surface area (Å²) in [4.78, 5) is 0. The van der Waals surface area contributed by atoms with Gasteiger partial charge in [0.15, 0.2) is 0 Å². The van der Waals surface area contributed by atoms with E-state index in [0.29, 0.717) is 5.16 Å². The number of hydrogen-bond acceptors (Lipinski definition) is 0. The lowest BCUT2D eigenvalue weighted by molar-refractivity contribution is 1.21. The van der Waals surface area contributed by atoms with Gasteiger partial charge in [-0.05, 0) is 0 Å². The van der Waals surface area contributed by atoms with E-state index < -0.39 is 22.6 Å². The van der Waals surface area contributed by atoms with Crippen LogP contribution >= 0.6 is 0 Å². The van der Waals surface area contributed by atoms with E-state index >= 15 is 0 Å². The third kappa shape index (κ3) is 1.23. The van der Waals surface area contributed by atoms with Gasteiger partial charge in [0, 0.05) is 20.3 Å². The minimum Gasteiger partial charge on any atom is -0.0694 e. The molecule has 0 aromatic heterocycles. The third-order valence-electron chi connectivity index (χ3n) is 3.42. The Labute approximate surface area is 71.3 Å². The molecule has 0 N–H and O–H groups in total. The van der Waals surface area contributed by atoms with Crippen molar-refractivity contribution in [3.63, 3.8) is 0 Å². The van der Waals surface area contributed by atoms with Gasteiger partial charge < -0.3 is 0 Å². The van der Waals surface area contributed by atoms with Crippen molar-refractivity contribution >= 4 is 16.1 Å². The zero-order valence-electron chi connectivity index (χ0n) is 10.5. The Hall–Kier alpha value is 0.434. The summed E-state index contributed by atoms with van der Waals surface area (Å²) in [5.41, 5.74) is 0. The summed E-state index contributed by atoms with van der Waals surface area (Å²) in [5.74, 6) is 0. The Kier molecular flexibility index (Phi) is 1.14. The monoisotopic (exact) mass is 175 g/mol. The average molecular weight is 175 g/mol. The molecule has 0 spiro atoms. The van der Waals surface area contributed by atoms with Gasteiger partial charge in [0.1, 0.15) is 0 Å². The molecular formula is C8H20Si2. The van der Waals surface area contributed by atoms with Crippen molar-refractivity contribution in [1.29, 1.82) is 0 Å². The first kappa shape index (κ1) is 5.15. The normalized spacial score (nSPS) is 51.6. The van der Waals surface area contributed by atoms with Crippen molar-refractivity contribution in [3.8, 4) is 0 Å². The van der Waals surface area contributed by atoms with Gasteiger partial charge in [-0.3, -0.25) is 0 Å². The van der Waals surface area contributed by atoms with Gasteiger partial charge in [0.05, 0.1) is 0 Å². The maximum atomic E-state index is 7.65. The molecule has 0 bridgehead atoms. The van der Waals surface area contributed by atoms with Gasteiger partial charge in [-0.15, -0.1) is 0 Å². The van der Waals surface area contributed by atoms with Crippen LogP contribution in [0.15, 0.2) is 0 Å². The van der Waals surface area contributed by atoms with Crippen LogP contribution in [-0.2, 0) is 0 Å². The largest absolute Gasteiger partial charge is 0.0694 e. The molecule has 0 aromatic carbocycles. The van der Waals surface area contributed by atoms with Gasteiger partial charge in [-0.1, -0.05) is 50.3 Å². The summed E-state index contributed by atoms with van der Waals surface area (Å²) in [6, 6.07) is 2.26. The Morgan fingerprint density at radius 1 is 1.20 bits per heavy atom. The molecule has 2 atom stereocenters. The van der Waals surface area contributed by atoms with E-state index in [-0.39, 0.29) is 0 Å². The maximum Gasteiger partial charge on any atom is 0.0473 e. The second kappa shape index (κ2) is 2.21. The Bertz CT molecular complexity index is 212. The molecule has 1 heterocycles. The average Bonchev–Trinajstić information content (AvgIpc) is 2.14. The second-order valence-electron chi connectivity index (χ2n) is 4.63. The fourth-order valence-electron chi connectivity index (χ4n) is 1.88. The van der Waals surface area contributed by atoms with Crippen LogP contribution in [0.1, 0.15) is 11.0 Å². The van der Waals surface area contributed by atoms with E-state index in [1.807, 2.05) is 0 Å². The first-order valence-corrected chi connectivity index (χ1v) is 10.2. The molecule has 1 saturated heterocycles. The lowest BCUT2D eigenvalue weighted by Crippen LogP contribution is -2.36. The summed E-state index contributed by atoms with van der Waals surface area (Å²) < 4.78 is 23.0. The maximum absolute atomic E-state index is 7.65. The van der Waals surface area contributed by atoms with E-state index in [0.717, 1.165) is 6.04 Å². The van der Waals surface area contributed by atoms with Crippen LogP contribution in [0.4, 0.5) is 0 Å². The molecular weight excluding hydrogens is 152 g/mol. The summed E-state index contributed by atoms with van der Waals surface area (Å²) in [7, 11) is -3.15. The second-order valence-corrected chi connectivity index (χ2v) is 14.7. The van der Waals surface area contributed by atoms with Crippen LogP contribution in [0.3, 0.4) is 0 Å². The van der Waals surface area contributed by atoms with Crippen molar-refractivity contribution < 1.29 is 4.11 Å². The number of rotatable bonds is 0. The quantitative estimate of drug-likeness (QED) is 0.495. The molecule has 2 heteroatoms. The van der Waals surface area contributed by atoms with Crippen LogP contribution in [-0.4, -0.2) is 16.1 Å². The molecule has 1 aliphatic heterocycles. The van der Waals surface area contributed by atoms with E-state index in [4.69, 9.17) is 4.11 Å². The van der Waals surface area contributed by atoms with Crippen molar-refractivity contribution in [3.05, 3.63) is 0 Å². The van der Waals surface area contributed by atoms with Gasteiger partial charge in [-0.25, -0.2) is 0 Å². The number of hydrogen-bond donors (Lipinski definition) is 0. The zero-order valence-corrected chi connectivity index (χ0v) is 9.49. The molecule has 0 nitrogen and oxygen atoms in total. The molecule has 1 rings (SSSR count). The Morgan fingerprint density at radius 2 is 1.70 bits per heavy atom. The van der Waals surface area contributed by atoms with E-state index in [1.165, 1.54) is 6.04 Å². The third-order valence-corrected chi connectivity index (χ3v) is 15.3. The van der Waals surface area contributed by atoms with Crippen LogP contribution in [0, 0.1) is 0 Å². The molecule has 60 valence electrons. The first-order valence-electron chi connectivity index (χ1n) is 5.61. The molecule has 0 aliphatic carbocycles. The molecule has 1 unspecified atom stereocenters. The van der Waals surface area contributed by atoms with E-state index in [9.17, 15) is 0 Å². The fraction of sp³-hybridized carbons (Fsp3) is 1.00. The molecule has 1 aliphatic rings. The van der Waals surface area contributed by atoms with Crippen LogP contribution in [0.5, 0.6) is 0 Å². The fourth-order valence-corrected chi connectivity index (χ4v) is 15.2. The van der Waals surface area contributed by atoms with Crippen LogP contribution < -0.4 is 0 Å². The summed E-state index contributed by atoms with van der Waals surface area (Å²) in [5, 5.41) is 0.549. The lowest BCUT2D eigenvalue weighted by atomic mass is 10.9. The minimum absolute atomic E-state index is 0.549. The van der Waals surface area contributed by atoms with Crippen LogP contribution in [0.2, 0.25) is 43.4 Å². The summed E-state index contributed by atoms with van der Waals surface area (Å²) in [6.45, 7) is 7.36. The highest BCUT2D eigenvalue weighted by Gasteiger charge is 2.46. The van der Waals surface area contributed by atoms with Gasteiger partial charge >= 0.3 is 0 Å². The highest BCUT2D eigenvalue weighted by atomic mass is 28.4. The van der Waals surface area contributed by atoms with Crippen molar-refractivity contribution in [2.24, 2.45) is 0 Å². The Morgan fingerprint density at radius 3 is 1.90 bits per heavy atom. The van der Waals surface area contributed by atoms with Gasteiger partial charge in [-0.2, -0.15) is 0 Å². The molecule has 0 aromatic rings. The van der Waals surface area contributed by atoms with Gasteiger partial charge in [0.25, 0.3) is 0 Å². The molecule has 1 fully saturated rings. The Balaban J connectivity index is 2.97. The predicted octanol–water partition coefficient (Wildman–Crippen LogP) is 3.35. The smallest absolute Gasteiger partial charge is 0.0473 e. The molecule has 10 heavy (non-hydrogen) atoms. The highest BCUT2D eigenvalue weighted by molar-refractivity contribution is 7.01. The minimum atomic E-state index is -1.96. The zero-order chi connectivity index (χ0) is 10.5. The molecule has 0 amide bonds. The van der Waals surface area contributed by atoms with E-state index in [1.54, 1.807) is 0 Å². The summed E-state index contributed by atoms with van der Waals surface area (Å²) in [6.07, 6.45) is 0. The summed E-state index contributed by atoms with van der Waals surface area (Å²) >= 11 is 0. The van der Waals surface area contributed by atoms with Crippen LogP contribution in [0.25, 0.3) is 0 Å². The lowest BCUT2D eigenvalue weighted by Gasteiger charge is -2.28. The van der Waals surface area contributed by atoms with Crippen molar-refractivity contribution in [2.45, 2.75) is 50.3 Å².